The third kappa shape index (κ3) is 9.06. The molecular weight excluding hydrogens is 813 g/mol. The lowest BCUT2D eigenvalue weighted by molar-refractivity contribution is -0.211. The van der Waals surface area contributed by atoms with Gasteiger partial charge in [-0.05, 0) is 64.3 Å². The molecule has 2 aromatic carbocycles. The van der Waals surface area contributed by atoms with Gasteiger partial charge in [-0.2, -0.15) is 4.72 Å². The monoisotopic (exact) mass is 870 g/mol. The van der Waals surface area contributed by atoms with Gasteiger partial charge < -0.3 is 38.8 Å². The van der Waals surface area contributed by atoms with Crippen LogP contribution in [0.3, 0.4) is 0 Å². The van der Waals surface area contributed by atoms with Gasteiger partial charge >= 0.3 is 29.8 Å². The van der Waals surface area contributed by atoms with Gasteiger partial charge in [0.15, 0.2) is 29.5 Å². The van der Waals surface area contributed by atoms with E-state index in [2.05, 4.69) is 11.6 Å². The van der Waals surface area contributed by atoms with Crippen LogP contribution < -0.4 is 9.62 Å². The molecule has 17 heteroatoms. The number of sulfonamides is 1. The number of allylic oxidation sites excluding steroid dienone is 1. The molecule has 1 saturated heterocycles. The first kappa shape index (κ1) is 47.2. The first-order valence-corrected chi connectivity index (χ1v) is 22.0. The summed E-state index contributed by atoms with van der Waals surface area (Å²) < 4.78 is 59.4. The Bertz CT molecular complexity index is 2230. The van der Waals surface area contributed by atoms with Gasteiger partial charge in [0.2, 0.25) is 10.0 Å². The van der Waals surface area contributed by atoms with E-state index in [-0.39, 0.29) is 28.0 Å². The first-order chi connectivity index (χ1) is 28.5. The molecule has 0 bridgehead atoms. The van der Waals surface area contributed by atoms with E-state index in [1.54, 1.807) is 31.2 Å². The second-order valence-corrected chi connectivity index (χ2v) is 18.4. The van der Waals surface area contributed by atoms with Gasteiger partial charge in [-0.15, -0.1) is 0 Å². The normalized spacial score (nSPS) is 28.7. The highest BCUT2D eigenvalue weighted by Gasteiger charge is 2.76. The zero-order valence-electron chi connectivity index (χ0n) is 36.2. The fourth-order valence-corrected chi connectivity index (χ4v) is 9.99. The number of hydrogen-bond acceptors (Lipinski definition) is 15. The van der Waals surface area contributed by atoms with Crippen LogP contribution in [0, 0.1) is 5.92 Å². The highest BCUT2D eigenvalue weighted by molar-refractivity contribution is 7.89. The lowest BCUT2D eigenvalue weighted by Gasteiger charge is -2.41. The summed E-state index contributed by atoms with van der Waals surface area (Å²) in [5.74, 6) is -6.08. The third-order valence-corrected chi connectivity index (χ3v) is 13.6. The molecule has 1 aliphatic heterocycles. The number of hydrogen-bond donors (Lipinski definition) is 3. The Hall–Kier alpha value is -4.84. The molecule has 0 spiro atoms. The maximum Gasteiger partial charge on any atom is 0.341 e. The zero-order chi connectivity index (χ0) is 45.2. The number of ether oxygens (including phenoxy) is 5. The predicted octanol–water partition coefficient (Wildman–Crippen LogP) is 4.33. The molecule has 1 saturated carbocycles. The number of carbonyl (C=O) groups is 5. The Kier molecular flexibility index (Phi) is 14.1. The van der Waals surface area contributed by atoms with E-state index < -0.39 is 100.0 Å². The van der Waals surface area contributed by atoms with Crippen LogP contribution in [0.1, 0.15) is 93.4 Å². The van der Waals surface area contributed by atoms with Crippen molar-refractivity contribution in [2.45, 2.75) is 140 Å². The van der Waals surface area contributed by atoms with Crippen molar-refractivity contribution in [2.75, 3.05) is 25.5 Å². The Balaban J connectivity index is 1.55. The number of benzene rings is 2. The van der Waals surface area contributed by atoms with Gasteiger partial charge in [-0.25, -0.2) is 18.0 Å². The van der Waals surface area contributed by atoms with Crippen LogP contribution in [-0.4, -0.2) is 110 Å². The molecule has 0 unspecified atom stereocenters. The number of aliphatic hydroxyl groups is 2. The number of unbranched alkanes of at least 4 members (excludes halogenated alkanes) is 4. The maximum atomic E-state index is 13.8. The van der Waals surface area contributed by atoms with Gasteiger partial charge in [0.25, 0.3) is 0 Å². The molecule has 8 atom stereocenters. The highest BCUT2D eigenvalue weighted by atomic mass is 32.2. The standard InChI is InChI=1S/C44H58N2O14S/c1-10-12-13-14-15-22-33(48)57-38-36-35(26(4)37(38)58-40(50)25(3)11-2)39-44(53,43(7,52)41(51)59-39)32(23-42(36,6)60-27(5)47)56-34(49)24-45-61(54,55)31-21-17-18-28-29(31)19-16-20-30(28)46(8)9/h11,16-21,32,36-39,45,52-53H,10,12-15,22-24H2,1-9H3/b25-11-/t32-,36+,37-,38-,39-,42-,43+,44+/m0/s1. The van der Waals surface area contributed by atoms with Crippen LogP contribution in [0.5, 0.6) is 0 Å². The minimum atomic E-state index is -4.38. The van der Waals surface area contributed by atoms with E-state index >= 15 is 0 Å². The van der Waals surface area contributed by atoms with E-state index in [0.717, 1.165) is 45.2 Å². The highest BCUT2D eigenvalue weighted by Crippen LogP contribution is 2.57. The summed E-state index contributed by atoms with van der Waals surface area (Å²) in [6.45, 7) is 9.28. The molecular formula is C44H58N2O14S. The van der Waals surface area contributed by atoms with Crippen molar-refractivity contribution in [1.29, 1.82) is 0 Å². The molecule has 2 aliphatic carbocycles. The molecule has 0 amide bonds. The van der Waals surface area contributed by atoms with Gasteiger partial charge in [0.05, 0.1) is 10.8 Å². The van der Waals surface area contributed by atoms with Crippen molar-refractivity contribution in [3.05, 3.63) is 59.2 Å². The average Bonchev–Trinajstić information content (AvgIpc) is 3.53. The summed E-state index contributed by atoms with van der Waals surface area (Å²) in [5.41, 5.74) is -6.32. The van der Waals surface area contributed by atoms with Crippen molar-refractivity contribution in [2.24, 2.45) is 5.92 Å². The molecule has 1 heterocycles. The largest absolute Gasteiger partial charge is 0.459 e. The van der Waals surface area contributed by atoms with Gasteiger partial charge in [-0.3, -0.25) is 14.4 Å². The summed E-state index contributed by atoms with van der Waals surface area (Å²) in [6.07, 6.45) is -1.49. The Morgan fingerprint density at radius 3 is 2.25 bits per heavy atom. The second-order valence-electron chi connectivity index (χ2n) is 16.7. The van der Waals surface area contributed by atoms with Crippen LogP contribution in [-0.2, 0) is 57.7 Å². The van der Waals surface area contributed by atoms with Crippen molar-refractivity contribution in [3.8, 4) is 0 Å². The number of anilines is 1. The number of carbonyl (C=O) groups excluding carboxylic acids is 5. The number of fused-ring (bicyclic) bond motifs is 4. The number of rotatable bonds is 16. The smallest absolute Gasteiger partial charge is 0.341 e. The Morgan fingerprint density at radius 2 is 1.61 bits per heavy atom. The number of nitrogens with one attached hydrogen (secondary N) is 1. The topological polar surface area (TPSA) is 221 Å². The Labute approximate surface area is 356 Å². The molecule has 0 aromatic heterocycles. The third-order valence-electron chi connectivity index (χ3n) is 12.1. The summed E-state index contributed by atoms with van der Waals surface area (Å²) >= 11 is 0. The average molecular weight is 871 g/mol. The summed E-state index contributed by atoms with van der Waals surface area (Å²) in [6, 6.07) is 9.87. The van der Waals surface area contributed by atoms with E-state index in [4.69, 9.17) is 23.7 Å². The molecule has 3 N–H and O–H groups in total. The first-order valence-electron chi connectivity index (χ1n) is 20.5. The zero-order valence-corrected chi connectivity index (χ0v) is 37.1. The molecule has 2 fully saturated rings. The Morgan fingerprint density at radius 1 is 0.951 bits per heavy atom. The molecule has 0 radical (unpaired) electrons. The lowest BCUT2D eigenvalue weighted by atomic mass is 9.75. The van der Waals surface area contributed by atoms with E-state index in [0.29, 0.717) is 17.2 Å². The number of nitrogens with zero attached hydrogens (tertiary/aromatic N) is 1. The van der Waals surface area contributed by atoms with Crippen LogP contribution in [0.4, 0.5) is 5.69 Å². The van der Waals surface area contributed by atoms with Gasteiger partial charge in [0, 0.05) is 55.9 Å². The van der Waals surface area contributed by atoms with Gasteiger partial charge in [-0.1, -0.05) is 62.9 Å². The van der Waals surface area contributed by atoms with Crippen LogP contribution >= 0.6 is 0 Å². The summed E-state index contributed by atoms with van der Waals surface area (Å²) in [5, 5.41) is 25.6. The molecule has 334 valence electrons. The van der Waals surface area contributed by atoms with Crippen LogP contribution in [0.15, 0.2) is 64.1 Å². The maximum absolute atomic E-state index is 13.8. The fourth-order valence-electron chi connectivity index (χ4n) is 8.80. The quantitative estimate of drug-likeness (QED) is 0.0703. The van der Waals surface area contributed by atoms with Gasteiger partial charge in [0.1, 0.15) is 18.2 Å². The van der Waals surface area contributed by atoms with E-state index in [1.165, 1.54) is 32.9 Å². The molecule has 3 aliphatic rings. The molecule has 5 rings (SSSR count). The van der Waals surface area contributed by atoms with E-state index in [1.807, 2.05) is 25.1 Å². The number of esters is 5. The lowest BCUT2D eigenvalue weighted by Crippen LogP contribution is -2.64. The van der Waals surface area contributed by atoms with E-state index in [9.17, 15) is 42.6 Å². The summed E-state index contributed by atoms with van der Waals surface area (Å²) in [4.78, 5) is 68.9. The minimum absolute atomic E-state index is 0.00293. The van der Waals surface area contributed by atoms with Crippen LogP contribution in [0.25, 0.3) is 10.8 Å². The fraction of sp³-hybridized carbons (Fsp3) is 0.568. The minimum Gasteiger partial charge on any atom is -0.459 e. The molecule has 2 aromatic rings. The summed E-state index contributed by atoms with van der Waals surface area (Å²) in [7, 11) is -0.749. The van der Waals surface area contributed by atoms with Crippen molar-refractivity contribution < 1.29 is 66.3 Å². The predicted molar refractivity (Wildman–Crippen MR) is 222 cm³/mol. The SMILES string of the molecule is C/C=C(/C)C(=O)O[C@H]1C(C)=C2[C@H]([C@@H]1OC(=O)CCCCCCC)[C@@](C)(OC(C)=O)C[C@H](OC(=O)CNS(=O)(=O)c1cccc3c(N(C)C)cccc13)[C@@]1(O)[C@H]2OC(=O)[C@@]1(C)O. The molecule has 16 nitrogen and oxygen atoms in total. The second kappa shape index (κ2) is 18.2. The van der Waals surface area contributed by atoms with Crippen molar-refractivity contribution in [1.82, 2.24) is 4.72 Å². The van der Waals surface area contributed by atoms with Crippen LogP contribution in [0.2, 0.25) is 0 Å². The van der Waals surface area contributed by atoms with Crippen molar-refractivity contribution >= 4 is 56.3 Å². The van der Waals surface area contributed by atoms with Crippen molar-refractivity contribution in [3.63, 3.8) is 0 Å². The molecule has 61 heavy (non-hydrogen) atoms.